The Kier molecular flexibility index (Phi) is 4.47. The number of carboxylic acids is 1. The zero-order chi connectivity index (χ0) is 16.1. The predicted octanol–water partition coefficient (Wildman–Crippen LogP) is 2.71. The molecular weight excluding hydrogens is 290 g/mol. The maximum atomic E-state index is 11.7. The summed E-state index contributed by atoms with van der Waals surface area (Å²) < 4.78 is 9.99. The number of para-hydroxylation sites is 1. The van der Waals surface area contributed by atoms with Gasteiger partial charge in [-0.2, -0.15) is 0 Å². The van der Waals surface area contributed by atoms with Gasteiger partial charge >= 0.3 is 12.1 Å². The number of amides is 1. The second-order valence-electron chi connectivity index (χ2n) is 4.20. The standard InChI is InChI=1S/C15H13NO6/c1-21-9-5-7-10(8-6-9)22-15(20)16-12-4-2-3-11(13(12)17)14(18)19/h2-8,17H,1H3,(H,16,20)(H,18,19). The van der Waals surface area contributed by atoms with Crippen LogP contribution in [0.2, 0.25) is 0 Å². The SMILES string of the molecule is COc1ccc(OC(=O)Nc2cccc(C(=O)O)c2O)cc1. The van der Waals surface area contributed by atoms with E-state index in [1.165, 1.54) is 37.4 Å². The van der Waals surface area contributed by atoms with Crippen LogP contribution < -0.4 is 14.8 Å². The van der Waals surface area contributed by atoms with Gasteiger partial charge in [0.25, 0.3) is 0 Å². The molecule has 2 aromatic rings. The number of carbonyl (C=O) groups excluding carboxylic acids is 1. The minimum Gasteiger partial charge on any atom is -0.505 e. The van der Waals surface area contributed by atoms with E-state index in [0.717, 1.165) is 0 Å². The van der Waals surface area contributed by atoms with Crippen molar-refractivity contribution in [2.75, 3.05) is 12.4 Å². The van der Waals surface area contributed by atoms with Crippen molar-refractivity contribution in [3.63, 3.8) is 0 Å². The van der Waals surface area contributed by atoms with Crippen LogP contribution in [0.5, 0.6) is 17.2 Å². The van der Waals surface area contributed by atoms with E-state index in [9.17, 15) is 14.7 Å². The van der Waals surface area contributed by atoms with Gasteiger partial charge in [-0.15, -0.1) is 0 Å². The van der Waals surface area contributed by atoms with Crippen LogP contribution in [0.4, 0.5) is 10.5 Å². The Bertz CT molecular complexity index is 696. The first-order valence-corrected chi connectivity index (χ1v) is 6.19. The fraction of sp³-hybridized carbons (Fsp3) is 0.0667. The maximum absolute atomic E-state index is 11.7. The molecule has 0 aliphatic rings. The number of nitrogens with one attached hydrogen (secondary N) is 1. The van der Waals surface area contributed by atoms with Crippen molar-refractivity contribution in [2.45, 2.75) is 0 Å². The van der Waals surface area contributed by atoms with Gasteiger partial charge in [0.15, 0.2) is 5.75 Å². The number of hydrogen-bond acceptors (Lipinski definition) is 5. The van der Waals surface area contributed by atoms with Crippen LogP contribution in [-0.2, 0) is 0 Å². The van der Waals surface area contributed by atoms with Crippen molar-refractivity contribution < 1.29 is 29.3 Å². The highest BCUT2D eigenvalue weighted by atomic mass is 16.6. The van der Waals surface area contributed by atoms with Gasteiger partial charge in [-0.3, -0.25) is 5.32 Å². The Morgan fingerprint density at radius 1 is 1.05 bits per heavy atom. The van der Waals surface area contributed by atoms with Crippen molar-refractivity contribution >= 4 is 17.7 Å². The van der Waals surface area contributed by atoms with Crippen LogP contribution >= 0.6 is 0 Å². The quantitative estimate of drug-likeness (QED) is 0.750. The number of aromatic hydroxyl groups is 1. The molecule has 2 rings (SSSR count). The molecular formula is C15H13NO6. The van der Waals surface area contributed by atoms with E-state index in [1.54, 1.807) is 12.1 Å². The molecule has 2 aromatic carbocycles. The minimum atomic E-state index is -1.30. The Balaban J connectivity index is 2.08. The van der Waals surface area contributed by atoms with Crippen molar-refractivity contribution in [3.05, 3.63) is 48.0 Å². The summed E-state index contributed by atoms with van der Waals surface area (Å²) in [5.74, 6) is -0.960. The van der Waals surface area contributed by atoms with Crippen LogP contribution in [0.25, 0.3) is 0 Å². The number of ether oxygens (including phenoxy) is 2. The number of benzene rings is 2. The molecule has 0 saturated carbocycles. The summed E-state index contributed by atoms with van der Waals surface area (Å²) in [5.41, 5.74) is -0.374. The highest BCUT2D eigenvalue weighted by Gasteiger charge is 2.15. The highest BCUT2D eigenvalue weighted by molar-refractivity contribution is 5.96. The summed E-state index contributed by atoms with van der Waals surface area (Å²) in [6.45, 7) is 0. The molecule has 0 spiro atoms. The van der Waals surface area contributed by atoms with Gasteiger partial charge in [-0.05, 0) is 36.4 Å². The monoisotopic (exact) mass is 303 g/mol. The fourth-order valence-electron chi connectivity index (χ4n) is 1.70. The second-order valence-corrected chi connectivity index (χ2v) is 4.20. The van der Waals surface area contributed by atoms with E-state index in [4.69, 9.17) is 14.6 Å². The van der Waals surface area contributed by atoms with E-state index >= 15 is 0 Å². The van der Waals surface area contributed by atoms with E-state index in [2.05, 4.69) is 5.32 Å². The third-order valence-corrected chi connectivity index (χ3v) is 2.77. The van der Waals surface area contributed by atoms with E-state index < -0.39 is 17.8 Å². The zero-order valence-electron chi connectivity index (χ0n) is 11.6. The van der Waals surface area contributed by atoms with Gasteiger partial charge in [-0.1, -0.05) is 6.07 Å². The van der Waals surface area contributed by atoms with Gasteiger partial charge < -0.3 is 19.7 Å². The molecule has 1 amide bonds. The minimum absolute atomic E-state index is 0.0570. The average Bonchev–Trinajstić information content (AvgIpc) is 2.50. The lowest BCUT2D eigenvalue weighted by Gasteiger charge is -2.09. The number of carbonyl (C=O) groups is 2. The van der Waals surface area contributed by atoms with Gasteiger partial charge in [0.05, 0.1) is 12.8 Å². The van der Waals surface area contributed by atoms with Crippen LogP contribution in [-0.4, -0.2) is 29.4 Å². The molecule has 3 N–H and O–H groups in total. The summed E-state index contributed by atoms with van der Waals surface area (Å²) in [6.07, 6.45) is -0.858. The first kappa shape index (κ1) is 15.2. The van der Waals surface area contributed by atoms with Gasteiger partial charge in [0.1, 0.15) is 17.1 Å². The number of anilines is 1. The highest BCUT2D eigenvalue weighted by Crippen LogP contribution is 2.27. The maximum Gasteiger partial charge on any atom is 0.417 e. The molecule has 0 atom stereocenters. The molecule has 0 heterocycles. The Labute approximate surface area is 125 Å². The first-order chi connectivity index (χ1) is 10.5. The smallest absolute Gasteiger partial charge is 0.417 e. The molecule has 0 fully saturated rings. The molecule has 22 heavy (non-hydrogen) atoms. The number of phenols is 1. The van der Waals surface area contributed by atoms with E-state index in [-0.39, 0.29) is 17.0 Å². The van der Waals surface area contributed by atoms with Gasteiger partial charge in [0.2, 0.25) is 0 Å². The van der Waals surface area contributed by atoms with Crippen LogP contribution in [0.15, 0.2) is 42.5 Å². The largest absolute Gasteiger partial charge is 0.505 e. The molecule has 114 valence electrons. The van der Waals surface area contributed by atoms with Crippen LogP contribution in [0.3, 0.4) is 0 Å². The summed E-state index contributed by atoms with van der Waals surface area (Å²) in [4.78, 5) is 22.6. The predicted molar refractivity (Wildman–Crippen MR) is 77.7 cm³/mol. The number of rotatable bonds is 4. The van der Waals surface area contributed by atoms with Gasteiger partial charge in [0, 0.05) is 0 Å². The molecule has 0 saturated heterocycles. The summed E-state index contributed by atoms with van der Waals surface area (Å²) in [7, 11) is 1.51. The molecule has 0 radical (unpaired) electrons. The number of hydrogen-bond donors (Lipinski definition) is 3. The lowest BCUT2D eigenvalue weighted by Crippen LogP contribution is -2.17. The topological polar surface area (TPSA) is 105 Å². The number of aromatic carboxylic acids is 1. The van der Waals surface area contributed by atoms with Gasteiger partial charge in [-0.25, -0.2) is 9.59 Å². The lowest BCUT2D eigenvalue weighted by atomic mass is 10.2. The zero-order valence-corrected chi connectivity index (χ0v) is 11.6. The Morgan fingerprint density at radius 2 is 1.68 bits per heavy atom. The Morgan fingerprint density at radius 3 is 2.27 bits per heavy atom. The molecule has 7 heteroatoms. The third kappa shape index (κ3) is 3.45. The number of carboxylic acid groups (broad SMARTS) is 1. The fourth-order valence-corrected chi connectivity index (χ4v) is 1.70. The third-order valence-electron chi connectivity index (χ3n) is 2.77. The van der Waals surface area contributed by atoms with Crippen molar-refractivity contribution in [3.8, 4) is 17.2 Å². The molecule has 0 aliphatic heterocycles. The van der Waals surface area contributed by atoms with Crippen molar-refractivity contribution in [2.24, 2.45) is 0 Å². The second kappa shape index (κ2) is 6.49. The Hall–Kier alpha value is -3.22. The molecule has 7 nitrogen and oxygen atoms in total. The summed E-state index contributed by atoms with van der Waals surface area (Å²) >= 11 is 0. The molecule has 0 aromatic heterocycles. The summed E-state index contributed by atoms with van der Waals surface area (Å²) in [5, 5.41) is 20.9. The van der Waals surface area contributed by atoms with E-state index in [1.807, 2.05) is 0 Å². The summed E-state index contributed by atoms with van der Waals surface area (Å²) in [6, 6.07) is 10.3. The average molecular weight is 303 g/mol. The van der Waals surface area contributed by atoms with Crippen molar-refractivity contribution in [1.29, 1.82) is 0 Å². The normalized spacial score (nSPS) is 9.86. The first-order valence-electron chi connectivity index (χ1n) is 6.19. The molecule has 0 bridgehead atoms. The van der Waals surface area contributed by atoms with Crippen LogP contribution in [0.1, 0.15) is 10.4 Å². The number of methoxy groups -OCH3 is 1. The lowest BCUT2D eigenvalue weighted by molar-refractivity contribution is 0.0693. The van der Waals surface area contributed by atoms with Crippen molar-refractivity contribution in [1.82, 2.24) is 0 Å². The van der Waals surface area contributed by atoms with E-state index in [0.29, 0.717) is 5.75 Å². The van der Waals surface area contributed by atoms with Crippen LogP contribution in [0, 0.1) is 0 Å². The molecule has 0 aliphatic carbocycles. The molecule has 0 unspecified atom stereocenters.